The van der Waals surface area contributed by atoms with E-state index >= 15 is 0 Å². The molecule has 0 saturated carbocycles. The van der Waals surface area contributed by atoms with Gasteiger partial charge in [-0.05, 0) is 29.0 Å². The second-order valence-electron chi connectivity index (χ2n) is 6.82. The lowest BCUT2D eigenvalue weighted by molar-refractivity contribution is -0.393. The van der Waals surface area contributed by atoms with Crippen molar-refractivity contribution >= 4 is 33.5 Å². The topological polar surface area (TPSA) is 111 Å². The van der Waals surface area contributed by atoms with Crippen LogP contribution in [-0.2, 0) is 0 Å². The van der Waals surface area contributed by atoms with Gasteiger partial charge < -0.3 is 0 Å². The number of nitro groups is 2. The molecule has 0 aliphatic rings. The van der Waals surface area contributed by atoms with Crippen molar-refractivity contribution < 1.29 is 14.2 Å². The first-order valence-electron chi connectivity index (χ1n) is 9.44. The van der Waals surface area contributed by atoms with Crippen molar-refractivity contribution in [3.05, 3.63) is 122 Å². The monoisotopic (exact) mass is 430 g/mol. The van der Waals surface area contributed by atoms with Crippen LogP contribution in [0.2, 0.25) is 0 Å². The van der Waals surface area contributed by atoms with E-state index in [1.807, 2.05) is 42.5 Å². The third kappa shape index (κ3) is 4.12. The molecule has 0 amide bonds. The van der Waals surface area contributed by atoms with Gasteiger partial charge >= 0.3 is 5.69 Å². The zero-order chi connectivity index (χ0) is 22.7. The number of hydrazone groups is 1. The molecule has 8 nitrogen and oxygen atoms in total. The summed E-state index contributed by atoms with van der Waals surface area (Å²) in [5.41, 5.74) is 3.20. The van der Waals surface area contributed by atoms with Crippen LogP contribution < -0.4 is 5.43 Å². The van der Waals surface area contributed by atoms with Crippen LogP contribution >= 0.6 is 0 Å². The lowest BCUT2D eigenvalue weighted by Gasteiger charge is -2.12. The molecule has 4 aromatic rings. The van der Waals surface area contributed by atoms with Gasteiger partial charge in [-0.3, -0.25) is 25.7 Å². The van der Waals surface area contributed by atoms with Crippen molar-refractivity contribution in [2.45, 2.75) is 0 Å². The molecular formula is C23H15FN4O4. The molecule has 0 bridgehead atoms. The molecule has 0 atom stereocenters. The number of nitro benzene ring substituents is 2. The Morgan fingerprint density at radius 1 is 0.844 bits per heavy atom. The number of hydrogen-bond donors (Lipinski definition) is 1. The summed E-state index contributed by atoms with van der Waals surface area (Å²) in [6, 6.07) is 22.2. The highest BCUT2D eigenvalue weighted by atomic mass is 19.1. The van der Waals surface area contributed by atoms with E-state index in [0.717, 1.165) is 22.9 Å². The lowest BCUT2D eigenvalue weighted by Crippen LogP contribution is -2.08. The van der Waals surface area contributed by atoms with Crippen LogP contribution in [0, 0.1) is 26.0 Å². The molecule has 0 saturated heterocycles. The Morgan fingerprint density at radius 2 is 1.59 bits per heavy atom. The first kappa shape index (κ1) is 20.6. The van der Waals surface area contributed by atoms with E-state index in [2.05, 4.69) is 10.5 Å². The van der Waals surface area contributed by atoms with E-state index in [4.69, 9.17) is 0 Å². The zero-order valence-corrected chi connectivity index (χ0v) is 16.4. The Labute approximate surface area is 180 Å². The van der Waals surface area contributed by atoms with Gasteiger partial charge in [0.05, 0.1) is 21.6 Å². The molecule has 0 aromatic heterocycles. The zero-order valence-electron chi connectivity index (χ0n) is 16.4. The van der Waals surface area contributed by atoms with Gasteiger partial charge in [0, 0.05) is 17.2 Å². The van der Waals surface area contributed by atoms with Gasteiger partial charge in [-0.25, -0.2) is 4.39 Å². The van der Waals surface area contributed by atoms with E-state index in [-0.39, 0.29) is 5.69 Å². The number of non-ortho nitro benzene ring substituents is 1. The molecule has 0 fully saturated rings. The second-order valence-corrected chi connectivity index (χ2v) is 6.82. The highest BCUT2D eigenvalue weighted by Gasteiger charge is 2.20. The van der Waals surface area contributed by atoms with E-state index in [1.54, 1.807) is 12.1 Å². The molecular weight excluding hydrogens is 415 g/mol. The maximum absolute atomic E-state index is 14.0. The Kier molecular flexibility index (Phi) is 5.54. The highest BCUT2D eigenvalue weighted by Crippen LogP contribution is 2.30. The van der Waals surface area contributed by atoms with Gasteiger partial charge in [0.1, 0.15) is 11.5 Å². The summed E-state index contributed by atoms with van der Waals surface area (Å²) >= 11 is 0. The Morgan fingerprint density at radius 3 is 2.34 bits per heavy atom. The van der Waals surface area contributed by atoms with E-state index in [1.165, 1.54) is 18.2 Å². The van der Waals surface area contributed by atoms with Crippen LogP contribution in [0.5, 0.6) is 0 Å². The summed E-state index contributed by atoms with van der Waals surface area (Å²) in [5.74, 6) is -0.461. The third-order valence-electron chi connectivity index (χ3n) is 4.82. The van der Waals surface area contributed by atoms with Crippen LogP contribution in [0.1, 0.15) is 11.1 Å². The maximum Gasteiger partial charge on any atom is 0.301 e. The summed E-state index contributed by atoms with van der Waals surface area (Å²) in [7, 11) is 0. The molecule has 0 unspecified atom stereocenters. The SMILES string of the molecule is O=[N+]([O-])c1ccc(NN=C(c2cccc(F)c2)c2cccc3ccccc23)c([N+](=O)[O-])c1. The minimum atomic E-state index is -0.732. The molecule has 0 radical (unpaired) electrons. The number of fused-ring (bicyclic) bond motifs is 1. The first-order chi connectivity index (χ1) is 15.4. The summed E-state index contributed by atoms with van der Waals surface area (Å²) in [5, 5.41) is 28.6. The van der Waals surface area contributed by atoms with Gasteiger partial charge in [-0.2, -0.15) is 5.10 Å². The number of nitrogens with zero attached hydrogens (tertiary/aromatic N) is 3. The molecule has 0 aliphatic carbocycles. The number of hydrogen-bond acceptors (Lipinski definition) is 6. The standard InChI is InChI=1S/C23H15FN4O4/c24-17-8-3-7-16(13-17)23(20-10-4-6-15-5-1-2-9-19(15)20)26-25-21-12-11-18(27(29)30)14-22(21)28(31)32/h1-14,25H. The maximum atomic E-state index is 14.0. The van der Waals surface area contributed by atoms with Crippen molar-refractivity contribution in [2.75, 3.05) is 5.43 Å². The van der Waals surface area contributed by atoms with Crippen LogP contribution in [-0.4, -0.2) is 15.6 Å². The van der Waals surface area contributed by atoms with Gasteiger partial charge in [0.25, 0.3) is 5.69 Å². The van der Waals surface area contributed by atoms with E-state index in [9.17, 15) is 24.6 Å². The summed E-state index contributed by atoms with van der Waals surface area (Å²) in [6.07, 6.45) is 0. The fourth-order valence-corrected chi connectivity index (χ4v) is 3.34. The van der Waals surface area contributed by atoms with Crippen molar-refractivity contribution in [2.24, 2.45) is 5.10 Å². The Balaban J connectivity index is 1.87. The average Bonchev–Trinajstić information content (AvgIpc) is 2.79. The van der Waals surface area contributed by atoms with Gasteiger partial charge in [-0.15, -0.1) is 0 Å². The van der Waals surface area contributed by atoms with Crippen molar-refractivity contribution in [3.63, 3.8) is 0 Å². The van der Waals surface area contributed by atoms with E-state index in [0.29, 0.717) is 16.8 Å². The number of nitrogens with one attached hydrogen (secondary N) is 1. The van der Waals surface area contributed by atoms with Crippen LogP contribution in [0.4, 0.5) is 21.5 Å². The number of rotatable bonds is 6. The predicted molar refractivity (Wildman–Crippen MR) is 119 cm³/mol. The minimum absolute atomic E-state index is 0.0326. The van der Waals surface area contributed by atoms with Gasteiger partial charge in [0.2, 0.25) is 0 Å². The fourth-order valence-electron chi connectivity index (χ4n) is 3.34. The smallest absolute Gasteiger partial charge is 0.271 e. The normalized spacial score (nSPS) is 11.3. The molecule has 158 valence electrons. The quantitative estimate of drug-likeness (QED) is 0.241. The number of benzene rings is 4. The molecule has 0 spiro atoms. The molecule has 32 heavy (non-hydrogen) atoms. The predicted octanol–water partition coefficient (Wildman–Crippen LogP) is 5.66. The number of anilines is 1. The largest absolute Gasteiger partial charge is 0.301 e. The van der Waals surface area contributed by atoms with Gasteiger partial charge in [-0.1, -0.05) is 54.6 Å². The molecule has 0 aliphatic heterocycles. The lowest BCUT2D eigenvalue weighted by atomic mass is 9.96. The second kappa shape index (κ2) is 8.60. The molecule has 0 heterocycles. The molecule has 4 aromatic carbocycles. The molecule has 4 rings (SSSR count). The minimum Gasteiger partial charge on any atom is -0.271 e. The first-order valence-corrected chi connectivity index (χ1v) is 9.44. The fraction of sp³-hybridized carbons (Fsp3) is 0. The summed E-state index contributed by atoms with van der Waals surface area (Å²) < 4.78 is 14.0. The van der Waals surface area contributed by atoms with E-state index < -0.39 is 27.0 Å². The Hall–Kier alpha value is -4.66. The molecule has 9 heteroatoms. The van der Waals surface area contributed by atoms with Crippen LogP contribution in [0.3, 0.4) is 0 Å². The highest BCUT2D eigenvalue weighted by molar-refractivity contribution is 6.19. The Bertz CT molecular complexity index is 1380. The average molecular weight is 430 g/mol. The molecule has 1 N–H and O–H groups in total. The van der Waals surface area contributed by atoms with Crippen molar-refractivity contribution in [1.29, 1.82) is 0 Å². The third-order valence-corrected chi connectivity index (χ3v) is 4.82. The van der Waals surface area contributed by atoms with Gasteiger partial charge in [0.15, 0.2) is 0 Å². The number of halogens is 1. The van der Waals surface area contributed by atoms with Crippen molar-refractivity contribution in [1.82, 2.24) is 0 Å². The summed E-state index contributed by atoms with van der Waals surface area (Å²) in [4.78, 5) is 21.0. The van der Waals surface area contributed by atoms with Crippen molar-refractivity contribution in [3.8, 4) is 0 Å². The summed E-state index contributed by atoms with van der Waals surface area (Å²) in [6.45, 7) is 0. The van der Waals surface area contributed by atoms with Crippen LogP contribution in [0.15, 0.2) is 90.0 Å². The van der Waals surface area contributed by atoms with Crippen LogP contribution in [0.25, 0.3) is 10.8 Å².